The molecule has 2 heterocycles. The summed E-state index contributed by atoms with van der Waals surface area (Å²) in [5.74, 6) is 0. The van der Waals surface area contributed by atoms with Crippen LogP contribution in [-0.4, -0.2) is 21.1 Å². The molecular formula is C7H8ClN3OS. The summed E-state index contributed by atoms with van der Waals surface area (Å²) in [7, 11) is 0. The molecule has 2 rings (SSSR count). The van der Waals surface area contributed by atoms with E-state index < -0.39 is 6.04 Å². The number of hydrogen-bond acceptors (Lipinski definition) is 4. The van der Waals surface area contributed by atoms with E-state index in [0.29, 0.717) is 10.8 Å². The van der Waals surface area contributed by atoms with E-state index in [4.69, 9.17) is 22.4 Å². The first-order valence-electron chi connectivity index (χ1n) is 3.71. The molecule has 4 nitrogen and oxygen atoms in total. The molecule has 70 valence electrons. The summed E-state index contributed by atoms with van der Waals surface area (Å²) in [4.78, 5) is 4.89. The summed E-state index contributed by atoms with van der Waals surface area (Å²) in [5.41, 5.74) is 6.34. The predicted molar refractivity (Wildman–Crippen MR) is 52.1 cm³/mol. The molecule has 0 aliphatic heterocycles. The van der Waals surface area contributed by atoms with Crippen LogP contribution in [0.1, 0.15) is 11.7 Å². The number of aromatic nitrogens is 2. The fourth-order valence-electron chi connectivity index (χ4n) is 1.19. The van der Waals surface area contributed by atoms with E-state index in [9.17, 15) is 0 Å². The lowest BCUT2D eigenvalue weighted by Crippen LogP contribution is -2.16. The van der Waals surface area contributed by atoms with Crippen molar-refractivity contribution in [1.82, 2.24) is 9.38 Å². The van der Waals surface area contributed by atoms with Gasteiger partial charge in [-0.3, -0.25) is 4.40 Å². The predicted octanol–water partition coefficient (Wildman–Crippen LogP) is 1.04. The standard InChI is InChI=1S/C7H8ClN3OS/c8-6-5(4(9)3-12)11-1-2-13-7(11)10-6/h1-2,4,12H,3,9H2. The van der Waals surface area contributed by atoms with Crippen LogP contribution in [0.4, 0.5) is 0 Å². The number of thiazole rings is 1. The molecule has 0 saturated carbocycles. The van der Waals surface area contributed by atoms with Crippen molar-refractivity contribution in [2.45, 2.75) is 6.04 Å². The second kappa shape index (κ2) is 3.26. The molecule has 0 bridgehead atoms. The Morgan fingerprint density at radius 3 is 3.23 bits per heavy atom. The molecule has 0 fully saturated rings. The third-order valence-corrected chi connectivity index (χ3v) is 2.84. The van der Waals surface area contributed by atoms with Crippen molar-refractivity contribution in [3.63, 3.8) is 0 Å². The van der Waals surface area contributed by atoms with Gasteiger partial charge in [0.2, 0.25) is 0 Å². The van der Waals surface area contributed by atoms with Gasteiger partial charge in [0.25, 0.3) is 0 Å². The average molecular weight is 218 g/mol. The van der Waals surface area contributed by atoms with Crippen LogP contribution >= 0.6 is 22.9 Å². The largest absolute Gasteiger partial charge is 0.394 e. The number of nitrogens with zero attached hydrogens (tertiary/aromatic N) is 2. The Morgan fingerprint density at radius 2 is 2.54 bits per heavy atom. The van der Waals surface area contributed by atoms with Crippen molar-refractivity contribution in [1.29, 1.82) is 0 Å². The summed E-state index contributed by atoms with van der Waals surface area (Å²) in [5, 5.41) is 11.2. The van der Waals surface area contributed by atoms with E-state index in [2.05, 4.69) is 4.98 Å². The smallest absolute Gasteiger partial charge is 0.195 e. The molecule has 0 aliphatic rings. The van der Waals surface area contributed by atoms with Crippen LogP contribution < -0.4 is 5.73 Å². The molecule has 13 heavy (non-hydrogen) atoms. The van der Waals surface area contributed by atoms with Gasteiger partial charge in [-0.1, -0.05) is 11.6 Å². The molecule has 0 aliphatic carbocycles. The number of halogens is 1. The molecule has 0 aromatic carbocycles. The quantitative estimate of drug-likeness (QED) is 0.790. The zero-order valence-electron chi connectivity index (χ0n) is 6.64. The first kappa shape index (κ1) is 8.96. The van der Waals surface area contributed by atoms with Gasteiger partial charge in [-0.2, -0.15) is 0 Å². The van der Waals surface area contributed by atoms with E-state index in [1.807, 2.05) is 11.6 Å². The minimum atomic E-state index is -0.475. The molecule has 0 amide bonds. The number of imidazole rings is 1. The van der Waals surface area contributed by atoms with Crippen molar-refractivity contribution in [2.24, 2.45) is 5.73 Å². The van der Waals surface area contributed by atoms with Gasteiger partial charge in [0.15, 0.2) is 10.1 Å². The lowest BCUT2D eigenvalue weighted by atomic mass is 10.2. The third kappa shape index (κ3) is 1.34. The molecular weight excluding hydrogens is 210 g/mol. The van der Waals surface area contributed by atoms with Gasteiger partial charge in [0.05, 0.1) is 18.3 Å². The number of nitrogens with two attached hydrogens (primary N) is 1. The number of aliphatic hydroxyl groups is 1. The molecule has 2 aromatic heterocycles. The topological polar surface area (TPSA) is 63.5 Å². The second-order valence-corrected chi connectivity index (χ2v) is 3.86. The molecule has 2 aromatic rings. The highest BCUT2D eigenvalue weighted by Gasteiger charge is 2.16. The fourth-order valence-corrected chi connectivity index (χ4v) is 2.28. The second-order valence-electron chi connectivity index (χ2n) is 2.63. The minimum absolute atomic E-state index is 0.136. The SMILES string of the molecule is NC(CO)c1c(Cl)nc2sccn12. The van der Waals surface area contributed by atoms with Crippen LogP contribution in [-0.2, 0) is 0 Å². The summed E-state index contributed by atoms with van der Waals surface area (Å²) < 4.78 is 1.80. The van der Waals surface area contributed by atoms with Crippen molar-refractivity contribution >= 4 is 27.9 Å². The minimum Gasteiger partial charge on any atom is -0.394 e. The van der Waals surface area contributed by atoms with E-state index in [0.717, 1.165) is 4.96 Å². The van der Waals surface area contributed by atoms with Crippen molar-refractivity contribution < 1.29 is 5.11 Å². The van der Waals surface area contributed by atoms with Gasteiger partial charge in [-0.05, 0) is 0 Å². The van der Waals surface area contributed by atoms with Crippen molar-refractivity contribution in [3.05, 3.63) is 22.4 Å². The maximum atomic E-state index is 8.91. The number of aliphatic hydroxyl groups excluding tert-OH is 1. The van der Waals surface area contributed by atoms with Crippen LogP contribution in [0.15, 0.2) is 11.6 Å². The van der Waals surface area contributed by atoms with Gasteiger partial charge in [0.1, 0.15) is 0 Å². The van der Waals surface area contributed by atoms with Gasteiger partial charge in [-0.25, -0.2) is 4.98 Å². The first-order chi connectivity index (χ1) is 6.24. The Morgan fingerprint density at radius 1 is 1.77 bits per heavy atom. The molecule has 0 spiro atoms. The highest BCUT2D eigenvalue weighted by Crippen LogP contribution is 2.24. The molecule has 3 N–H and O–H groups in total. The Bertz CT molecular complexity index is 424. The normalized spacial score (nSPS) is 13.8. The lowest BCUT2D eigenvalue weighted by molar-refractivity contribution is 0.265. The van der Waals surface area contributed by atoms with Crippen LogP contribution in [0, 0.1) is 0 Å². The zero-order valence-corrected chi connectivity index (χ0v) is 8.22. The molecule has 6 heteroatoms. The van der Waals surface area contributed by atoms with Crippen molar-refractivity contribution in [2.75, 3.05) is 6.61 Å². The van der Waals surface area contributed by atoms with Gasteiger partial charge < -0.3 is 10.8 Å². The van der Waals surface area contributed by atoms with Gasteiger partial charge >= 0.3 is 0 Å². The monoisotopic (exact) mass is 217 g/mol. The zero-order chi connectivity index (χ0) is 9.42. The molecule has 1 atom stereocenters. The highest BCUT2D eigenvalue weighted by atomic mass is 35.5. The molecule has 1 unspecified atom stereocenters. The Kier molecular flexibility index (Phi) is 2.25. The van der Waals surface area contributed by atoms with E-state index >= 15 is 0 Å². The van der Waals surface area contributed by atoms with E-state index in [-0.39, 0.29) is 6.61 Å². The summed E-state index contributed by atoms with van der Waals surface area (Å²) in [6, 6.07) is -0.475. The van der Waals surface area contributed by atoms with Crippen LogP contribution in [0.25, 0.3) is 4.96 Å². The number of rotatable bonds is 2. The van der Waals surface area contributed by atoms with Crippen molar-refractivity contribution in [3.8, 4) is 0 Å². The first-order valence-corrected chi connectivity index (χ1v) is 4.97. The maximum absolute atomic E-state index is 8.91. The summed E-state index contributed by atoms with van der Waals surface area (Å²) in [6.07, 6.45) is 1.84. The Balaban J connectivity index is 2.63. The number of hydrogen-bond donors (Lipinski definition) is 2. The lowest BCUT2D eigenvalue weighted by Gasteiger charge is -2.06. The molecule has 0 saturated heterocycles. The van der Waals surface area contributed by atoms with Gasteiger partial charge in [-0.15, -0.1) is 11.3 Å². The number of fused-ring (bicyclic) bond motifs is 1. The Labute approximate surface area is 83.6 Å². The highest BCUT2D eigenvalue weighted by molar-refractivity contribution is 7.15. The molecule has 0 radical (unpaired) electrons. The van der Waals surface area contributed by atoms with E-state index in [1.165, 1.54) is 11.3 Å². The average Bonchev–Trinajstić information content (AvgIpc) is 2.62. The van der Waals surface area contributed by atoms with Crippen LogP contribution in [0.5, 0.6) is 0 Å². The fraction of sp³-hybridized carbons (Fsp3) is 0.286. The summed E-state index contributed by atoms with van der Waals surface area (Å²) in [6.45, 7) is -0.136. The van der Waals surface area contributed by atoms with Gasteiger partial charge in [0, 0.05) is 11.6 Å². The maximum Gasteiger partial charge on any atom is 0.195 e. The Hall–Kier alpha value is -0.620. The van der Waals surface area contributed by atoms with Crippen LogP contribution in [0.2, 0.25) is 5.15 Å². The van der Waals surface area contributed by atoms with E-state index in [1.54, 1.807) is 4.40 Å². The summed E-state index contributed by atoms with van der Waals surface area (Å²) >= 11 is 7.35. The van der Waals surface area contributed by atoms with Crippen LogP contribution in [0.3, 0.4) is 0 Å². The third-order valence-electron chi connectivity index (χ3n) is 1.80.